The molecule has 0 radical (unpaired) electrons. The zero-order valence-electron chi connectivity index (χ0n) is 15.7. The van der Waals surface area contributed by atoms with E-state index in [0.29, 0.717) is 18.6 Å². The Morgan fingerprint density at radius 2 is 1.59 bits per heavy atom. The molecule has 27 heavy (non-hydrogen) atoms. The molecule has 1 N–H and O–H groups in total. The molecule has 2 saturated carbocycles. The largest absolute Gasteiger partial charge is 0.343 e. The molecule has 2 fully saturated rings. The van der Waals surface area contributed by atoms with Crippen molar-refractivity contribution in [3.8, 4) is 0 Å². The molecule has 0 spiro atoms. The van der Waals surface area contributed by atoms with Crippen LogP contribution in [-0.2, 0) is 9.59 Å². The molecule has 2 aromatic rings. The Hall–Kier alpha value is -2.62. The number of hydrogen-bond donors (Lipinski definition) is 1. The van der Waals surface area contributed by atoms with Gasteiger partial charge in [-0.3, -0.25) is 9.59 Å². The monoisotopic (exact) mass is 362 g/mol. The van der Waals surface area contributed by atoms with Crippen molar-refractivity contribution in [1.29, 1.82) is 0 Å². The molecule has 1 amide bonds. The van der Waals surface area contributed by atoms with E-state index in [0.717, 1.165) is 36.3 Å². The van der Waals surface area contributed by atoms with Crippen molar-refractivity contribution < 1.29 is 9.59 Å². The van der Waals surface area contributed by atoms with Gasteiger partial charge in [0.25, 0.3) is 0 Å². The number of carbonyl (C=O) groups is 2. The summed E-state index contributed by atoms with van der Waals surface area (Å²) in [5.41, 5.74) is 2.84. The molecule has 0 heterocycles. The van der Waals surface area contributed by atoms with E-state index >= 15 is 0 Å². The van der Waals surface area contributed by atoms with Crippen molar-refractivity contribution in [2.45, 2.75) is 32.1 Å². The highest BCUT2D eigenvalue weighted by molar-refractivity contribution is 5.98. The number of hydrogen-bond acceptors (Lipinski definition) is 3. The van der Waals surface area contributed by atoms with Gasteiger partial charge in [-0.1, -0.05) is 36.8 Å². The predicted molar refractivity (Wildman–Crippen MR) is 108 cm³/mol. The average molecular weight is 362 g/mol. The molecule has 4 nitrogen and oxygen atoms in total. The van der Waals surface area contributed by atoms with Gasteiger partial charge in [0.05, 0.1) is 11.4 Å². The molecule has 2 aliphatic carbocycles. The summed E-state index contributed by atoms with van der Waals surface area (Å²) in [4.78, 5) is 27.3. The van der Waals surface area contributed by atoms with E-state index in [2.05, 4.69) is 10.2 Å². The summed E-state index contributed by atoms with van der Waals surface area (Å²) in [5.74, 6) is 0.571. The molecule has 0 saturated heterocycles. The summed E-state index contributed by atoms with van der Waals surface area (Å²) < 4.78 is 0. The van der Waals surface area contributed by atoms with Gasteiger partial charge >= 0.3 is 0 Å². The molecule has 140 valence electrons. The van der Waals surface area contributed by atoms with E-state index in [1.54, 1.807) is 0 Å². The van der Waals surface area contributed by atoms with Crippen molar-refractivity contribution in [2.75, 3.05) is 17.3 Å². The lowest BCUT2D eigenvalue weighted by Crippen LogP contribution is -2.40. The number of ketones is 1. The van der Waals surface area contributed by atoms with Crippen molar-refractivity contribution in [1.82, 2.24) is 0 Å². The van der Waals surface area contributed by atoms with Crippen LogP contribution in [0.5, 0.6) is 0 Å². The predicted octanol–water partition coefficient (Wildman–Crippen LogP) is 4.79. The SMILES string of the molecule is CN(c1ccccc1)c1ccccc1NC(=O)C1CC2CCCC(C1)C2=O. The number of rotatable bonds is 4. The Bertz CT molecular complexity index is 817. The van der Waals surface area contributed by atoms with E-state index in [-0.39, 0.29) is 23.7 Å². The van der Waals surface area contributed by atoms with Crippen LogP contribution in [0.1, 0.15) is 32.1 Å². The molecule has 2 bridgehead atoms. The maximum Gasteiger partial charge on any atom is 0.227 e. The summed E-state index contributed by atoms with van der Waals surface area (Å²) in [7, 11) is 2.00. The van der Waals surface area contributed by atoms with Crippen LogP contribution in [-0.4, -0.2) is 18.7 Å². The van der Waals surface area contributed by atoms with Gasteiger partial charge in [0.15, 0.2) is 0 Å². The zero-order chi connectivity index (χ0) is 18.8. The fraction of sp³-hybridized carbons (Fsp3) is 0.391. The van der Waals surface area contributed by atoms with Crippen molar-refractivity contribution >= 4 is 28.8 Å². The van der Waals surface area contributed by atoms with Gasteiger partial charge in [0, 0.05) is 30.5 Å². The summed E-state index contributed by atoms with van der Waals surface area (Å²) >= 11 is 0. The lowest BCUT2D eigenvalue weighted by Gasteiger charge is -2.37. The van der Waals surface area contributed by atoms with Gasteiger partial charge in [-0.15, -0.1) is 0 Å². The normalized spacial score (nSPS) is 24.3. The quantitative estimate of drug-likeness (QED) is 0.851. The third kappa shape index (κ3) is 3.61. The average Bonchev–Trinajstić information content (AvgIpc) is 2.68. The second-order valence-corrected chi connectivity index (χ2v) is 7.80. The van der Waals surface area contributed by atoms with Gasteiger partial charge in [0.1, 0.15) is 5.78 Å². The van der Waals surface area contributed by atoms with Gasteiger partial charge in [-0.05, 0) is 49.9 Å². The fourth-order valence-electron chi connectivity index (χ4n) is 4.59. The Morgan fingerprint density at radius 1 is 0.963 bits per heavy atom. The highest BCUT2D eigenvalue weighted by Crippen LogP contribution is 2.41. The van der Waals surface area contributed by atoms with Crippen molar-refractivity contribution in [3.63, 3.8) is 0 Å². The third-order valence-electron chi connectivity index (χ3n) is 6.09. The van der Waals surface area contributed by atoms with E-state index < -0.39 is 0 Å². The van der Waals surface area contributed by atoms with Crippen LogP contribution in [0, 0.1) is 17.8 Å². The Balaban J connectivity index is 1.51. The first-order valence-electron chi connectivity index (χ1n) is 9.86. The summed E-state index contributed by atoms with van der Waals surface area (Å²) in [6, 6.07) is 18.0. The van der Waals surface area contributed by atoms with Gasteiger partial charge in [-0.25, -0.2) is 0 Å². The highest BCUT2D eigenvalue weighted by atomic mass is 16.2. The van der Waals surface area contributed by atoms with Crippen molar-refractivity contribution in [3.05, 3.63) is 54.6 Å². The van der Waals surface area contributed by atoms with Gasteiger partial charge in [0.2, 0.25) is 5.91 Å². The summed E-state index contributed by atoms with van der Waals surface area (Å²) in [6.07, 6.45) is 4.44. The van der Waals surface area contributed by atoms with Crippen LogP contribution < -0.4 is 10.2 Å². The smallest absolute Gasteiger partial charge is 0.227 e. The van der Waals surface area contributed by atoms with Crippen LogP contribution >= 0.6 is 0 Å². The zero-order valence-corrected chi connectivity index (χ0v) is 15.7. The van der Waals surface area contributed by atoms with Crippen LogP contribution in [0.3, 0.4) is 0 Å². The Kier molecular flexibility index (Phi) is 4.97. The summed E-state index contributed by atoms with van der Waals surface area (Å²) in [5, 5.41) is 3.14. The number of para-hydroxylation sites is 3. The minimum atomic E-state index is -0.0620. The van der Waals surface area contributed by atoms with Crippen molar-refractivity contribution in [2.24, 2.45) is 17.8 Å². The van der Waals surface area contributed by atoms with Crippen LogP contribution in [0.2, 0.25) is 0 Å². The molecule has 2 atom stereocenters. The fourth-order valence-corrected chi connectivity index (χ4v) is 4.59. The lowest BCUT2D eigenvalue weighted by molar-refractivity contribution is -0.136. The minimum Gasteiger partial charge on any atom is -0.343 e. The maximum atomic E-state index is 13.0. The second-order valence-electron chi connectivity index (χ2n) is 7.80. The topological polar surface area (TPSA) is 49.4 Å². The molecule has 0 aliphatic heterocycles. The number of amides is 1. The number of anilines is 3. The first-order valence-corrected chi connectivity index (χ1v) is 9.86. The maximum absolute atomic E-state index is 13.0. The number of fused-ring (bicyclic) bond motifs is 2. The Labute approximate surface area is 160 Å². The Morgan fingerprint density at radius 3 is 2.30 bits per heavy atom. The second kappa shape index (κ2) is 7.55. The molecule has 2 aromatic carbocycles. The van der Waals surface area contributed by atoms with Crippen LogP contribution in [0.25, 0.3) is 0 Å². The number of nitrogens with zero attached hydrogens (tertiary/aromatic N) is 1. The third-order valence-corrected chi connectivity index (χ3v) is 6.09. The molecule has 4 heteroatoms. The summed E-state index contributed by atoms with van der Waals surface area (Å²) in [6.45, 7) is 0. The number of carbonyl (C=O) groups excluding carboxylic acids is 2. The molecule has 4 rings (SSSR count). The minimum absolute atomic E-state index is 0.0494. The number of nitrogens with one attached hydrogen (secondary N) is 1. The highest BCUT2D eigenvalue weighted by Gasteiger charge is 2.41. The lowest BCUT2D eigenvalue weighted by atomic mass is 9.67. The van der Waals surface area contributed by atoms with E-state index in [9.17, 15) is 9.59 Å². The molecular formula is C23H26N2O2. The van der Waals surface area contributed by atoms with Crippen LogP contribution in [0.15, 0.2) is 54.6 Å². The first kappa shape index (κ1) is 17.8. The van der Waals surface area contributed by atoms with E-state index in [1.807, 2.05) is 61.6 Å². The van der Waals surface area contributed by atoms with E-state index in [1.165, 1.54) is 0 Å². The molecule has 0 aromatic heterocycles. The molecule has 2 unspecified atom stereocenters. The van der Waals surface area contributed by atoms with Gasteiger partial charge < -0.3 is 10.2 Å². The number of Topliss-reactive ketones (excluding diaryl/α,β-unsaturated/α-hetero) is 1. The molecular weight excluding hydrogens is 336 g/mol. The number of benzene rings is 2. The van der Waals surface area contributed by atoms with Crippen LogP contribution in [0.4, 0.5) is 17.1 Å². The van der Waals surface area contributed by atoms with Gasteiger partial charge in [-0.2, -0.15) is 0 Å². The standard InChI is InChI=1S/C23H26N2O2/c1-25(19-10-3-2-4-11-19)21-13-6-5-12-20(21)24-23(27)18-14-16-8-7-9-17(15-18)22(16)26/h2-6,10-13,16-18H,7-9,14-15H2,1H3,(H,24,27). The van der Waals surface area contributed by atoms with E-state index in [4.69, 9.17) is 0 Å². The first-order chi connectivity index (χ1) is 13.1. The molecule has 2 aliphatic rings.